The SMILES string of the molecule is CNCC1CCN(C(=O)Cc2cccc(F)c2F)CC1. The van der Waals surface area contributed by atoms with Crippen LogP contribution in [0.15, 0.2) is 18.2 Å². The molecule has 1 fully saturated rings. The van der Waals surface area contributed by atoms with Gasteiger partial charge in [-0.2, -0.15) is 0 Å². The molecule has 0 spiro atoms. The average Bonchev–Trinajstić information content (AvgIpc) is 2.45. The van der Waals surface area contributed by atoms with E-state index in [-0.39, 0.29) is 17.9 Å². The lowest BCUT2D eigenvalue weighted by Gasteiger charge is -2.32. The van der Waals surface area contributed by atoms with Crippen LogP contribution in [0.5, 0.6) is 0 Å². The Hall–Kier alpha value is -1.49. The van der Waals surface area contributed by atoms with Gasteiger partial charge in [-0.3, -0.25) is 4.79 Å². The maximum atomic E-state index is 13.5. The van der Waals surface area contributed by atoms with Crippen molar-refractivity contribution in [2.45, 2.75) is 19.3 Å². The quantitative estimate of drug-likeness (QED) is 0.915. The Morgan fingerprint density at radius 1 is 1.35 bits per heavy atom. The number of hydrogen-bond donors (Lipinski definition) is 1. The lowest BCUT2D eigenvalue weighted by molar-refractivity contribution is -0.131. The first kappa shape index (κ1) is 14.9. The summed E-state index contributed by atoms with van der Waals surface area (Å²) in [5.41, 5.74) is 0.132. The number of nitrogens with one attached hydrogen (secondary N) is 1. The molecule has 1 N–H and O–H groups in total. The summed E-state index contributed by atoms with van der Waals surface area (Å²) in [6.07, 6.45) is 1.84. The third-order valence-electron chi connectivity index (χ3n) is 3.83. The first-order chi connectivity index (χ1) is 9.61. The van der Waals surface area contributed by atoms with Gasteiger partial charge in [-0.1, -0.05) is 12.1 Å². The van der Waals surface area contributed by atoms with E-state index in [2.05, 4.69) is 5.32 Å². The lowest BCUT2D eigenvalue weighted by atomic mass is 9.96. The van der Waals surface area contributed by atoms with Gasteiger partial charge in [0, 0.05) is 18.7 Å². The van der Waals surface area contributed by atoms with Gasteiger partial charge in [-0.15, -0.1) is 0 Å². The van der Waals surface area contributed by atoms with Crippen LogP contribution in [0.2, 0.25) is 0 Å². The standard InChI is InChI=1S/C15H20F2N2O/c1-18-10-11-5-7-19(8-6-11)14(20)9-12-3-2-4-13(16)15(12)17/h2-4,11,18H,5-10H2,1H3. The number of nitrogens with zero attached hydrogens (tertiary/aromatic N) is 1. The molecule has 1 aliphatic heterocycles. The van der Waals surface area contributed by atoms with Crippen LogP contribution < -0.4 is 5.32 Å². The van der Waals surface area contributed by atoms with Gasteiger partial charge in [0.15, 0.2) is 11.6 Å². The van der Waals surface area contributed by atoms with Crippen molar-refractivity contribution in [2.24, 2.45) is 5.92 Å². The van der Waals surface area contributed by atoms with Crippen LogP contribution in [0, 0.1) is 17.6 Å². The predicted molar refractivity (Wildman–Crippen MR) is 73.3 cm³/mol. The summed E-state index contributed by atoms with van der Waals surface area (Å²) >= 11 is 0. The number of carbonyl (C=O) groups excluding carboxylic acids is 1. The van der Waals surface area contributed by atoms with Crippen molar-refractivity contribution < 1.29 is 13.6 Å². The highest BCUT2D eigenvalue weighted by atomic mass is 19.2. The Balaban J connectivity index is 1.91. The molecule has 0 unspecified atom stereocenters. The molecule has 0 bridgehead atoms. The van der Waals surface area contributed by atoms with Gasteiger partial charge < -0.3 is 10.2 Å². The molecule has 0 radical (unpaired) electrons. The number of halogens is 2. The van der Waals surface area contributed by atoms with Crippen LogP contribution in [-0.4, -0.2) is 37.5 Å². The zero-order valence-corrected chi connectivity index (χ0v) is 11.7. The summed E-state index contributed by atoms with van der Waals surface area (Å²) in [5, 5.41) is 3.14. The highest BCUT2D eigenvalue weighted by molar-refractivity contribution is 5.78. The molecule has 0 saturated carbocycles. The molecule has 1 heterocycles. The summed E-state index contributed by atoms with van der Waals surface area (Å²) in [5.74, 6) is -1.35. The van der Waals surface area contributed by atoms with Gasteiger partial charge in [0.05, 0.1) is 6.42 Å². The predicted octanol–water partition coefficient (Wildman–Crippen LogP) is 1.97. The monoisotopic (exact) mass is 282 g/mol. The largest absolute Gasteiger partial charge is 0.342 e. The number of amides is 1. The van der Waals surface area contributed by atoms with E-state index >= 15 is 0 Å². The maximum absolute atomic E-state index is 13.5. The Morgan fingerprint density at radius 3 is 2.70 bits per heavy atom. The molecule has 3 nitrogen and oxygen atoms in total. The number of likely N-dealkylation sites (tertiary alicyclic amines) is 1. The zero-order chi connectivity index (χ0) is 14.5. The third kappa shape index (κ3) is 3.54. The summed E-state index contributed by atoms with van der Waals surface area (Å²) in [6.45, 7) is 2.35. The van der Waals surface area contributed by atoms with E-state index in [0.29, 0.717) is 19.0 Å². The Kier molecular flexibility index (Phi) is 5.06. The van der Waals surface area contributed by atoms with E-state index in [4.69, 9.17) is 0 Å². The fraction of sp³-hybridized carbons (Fsp3) is 0.533. The molecule has 0 aromatic heterocycles. The van der Waals surface area contributed by atoms with Gasteiger partial charge in [-0.05, 0) is 38.4 Å². The fourth-order valence-corrected chi connectivity index (χ4v) is 2.63. The Labute approximate surface area is 118 Å². The number of piperidine rings is 1. The van der Waals surface area contributed by atoms with Crippen molar-refractivity contribution in [3.05, 3.63) is 35.4 Å². The lowest BCUT2D eigenvalue weighted by Crippen LogP contribution is -2.41. The highest BCUT2D eigenvalue weighted by Gasteiger charge is 2.23. The summed E-state index contributed by atoms with van der Waals surface area (Å²) in [7, 11) is 1.92. The van der Waals surface area contributed by atoms with Crippen molar-refractivity contribution >= 4 is 5.91 Å². The highest BCUT2D eigenvalue weighted by Crippen LogP contribution is 2.18. The second-order valence-corrected chi connectivity index (χ2v) is 5.27. The van der Waals surface area contributed by atoms with Crippen molar-refractivity contribution in [3.8, 4) is 0 Å². The number of rotatable bonds is 4. The van der Waals surface area contributed by atoms with Crippen LogP contribution >= 0.6 is 0 Å². The normalized spacial score (nSPS) is 16.4. The topological polar surface area (TPSA) is 32.3 Å². The van der Waals surface area contributed by atoms with Crippen molar-refractivity contribution in [1.82, 2.24) is 10.2 Å². The van der Waals surface area contributed by atoms with Crippen molar-refractivity contribution in [3.63, 3.8) is 0 Å². The molecule has 20 heavy (non-hydrogen) atoms. The van der Waals surface area contributed by atoms with E-state index < -0.39 is 11.6 Å². The average molecular weight is 282 g/mol. The van der Waals surface area contributed by atoms with Gasteiger partial charge in [0.1, 0.15) is 0 Å². The molecule has 1 aliphatic rings. The van der Waals surface area contributed by atoms with E-state index in [9.17, 15) is 13.6 Å². The first-order valence-corrected chi connectivity index (χ1v) is 6.97. The van der Waals surface area contributed by atoms with Gasteiger partial charge in [-0.25, -0.2) is 8.78 Å². The molecule has 0 atom stereocenters. The van der Waals surface area contributed by atoms with E-state index in [0.717, 1.165) is 25.5 Å². The van der Waals surface area contributed by atoms with Crippen molar-refractivity contribution in [2.75, 3.05) is 26.7 Å². The number of carbonyl (C=O) groups is 1. The first-order valence-electron chi connectivity index (χ1n) is 6.97. The molecule has 1 aromatic carbocycles. The molecular weight excluding hydrogens is 262 g/mol. The molecule has 1 aromatic rings. The van der Waals surface area contributed by atoms with Gasteiger partial charge >= 0.3 is 0 Å². The molecule has 5 heteroatoms. The third-order valence-corrected chi connectivity index (χ3v) is 3.83. The molecule has 1 amide bonds. The summed E-state index contributed by atoms with van der Waals surface area (Å²) < 4.78 is 26.6. The van der Waals surface area contributed by atoms with Crippen LogP contribution in [0.4, 0.5) is 8.78 Å². The van der Waals surface area contributed by atoms with E-state index in [1.54, 1.807) is 4.90 Å². The Bertz CT molecular complexity index is 471. The van der Waals surface area contributed by atoms with Crippen LogP contribution in [0.3, 0.4) is 0 Å². The second-order valence-electron chi connectivity index (χ2n) is 5.27. The van der Waals surface area contributed by atoms with E-state index in [1.165, 1.54) is 12.1 Å². The minimum Gasteiger partial charge on any atom is -0.342 e. The summed E-state index contributed by atoms with van der Waals surface area (Å²) in [6, 6.07) is 3.96. The minimum atomic E-state index is -0.911. The van der Waals surface area contributed by atoms with Gasteiger partial charge in [0.2, 0.25) is 5.91 Å². The molecule has 110 valence electrons. The maximum Gasteiger partial charge on any atom is 0.227 e. The number of hydrogen-bond acceptors (Lipinski definition) is 2. The van der Waals surface area contributed by atoms with Crippen LogP contribution in [0.25, 0.3) is 0 Å². The molecule has 0 aliphatic carbocycles. The van der Waals surface area contributed by atoms with Crippen molar-refractivity contribution in [1.29, 1.82) is 0 Å². The minimum absolute atomic E-state index is 0.0692. The smallest absolute Gasteiger partial charge is 0.227 e. The number of benzene rings is 1. The summed E-state index contributed by atoms with van der Waals surface area (Å²) in [4.78, 5) is 13.9. The molecular formula is C15H20F2N2O. The van der Waals surface area contributed by atoms with Crippen LogP contribution in [-0.2, 0) is 11.2 Å². The van der Waals surface area contributed by atoms with Crippen LogP contribution in [0.1, 0.15) is 18.4 Å². The van der Waals surface area contributed by atoms with E-state index in [1.807, 2.05) is 7.05 Å². The zero-order valence-electron chi connectivity index (χ0n) is 11.7. The fourth-order valence-electron chi connectivity index (χ4n) is 2.63. The molecule has 2 rings (SSSR count). The molecule has 1 saturated heterocycles. The second kappa shape index (κ2) is 6.79. The Morgan fingerprint density at radius 2 is 2.05 bits per heavy atom. The van der Waals surface area contributed by atoms with Gasteiger partial charge in [0.25, 0.3) is 0 Å².